The zero-order chi connectivity index (χ0) is 16.6. The van der Waals surface area contributed by atoms with Crippen molar-refractivity contribution in [3.63, 3.8) is 0 Å². The highest BCUT2D eigenvalue weighted by Crippen LogP contribution is 2.12. The monoisotopic (exact) mass is 329 g/mol. The van der Waals surface area contributed by atoms with Crippen LogP contribution in [0.25, 0.3) is 0 Å². The summed E-state index contributed by atoms with van der Waals surface area (Å²) in [6.45, 7) is 9.66. The van der Waals surface area contributed by atoms with Gasteiger partial charge >= 0.3 is 0 Å². The molecule has 0 radical (unpaired) electrons. The second-order valence-corrected chi connectivity index (χ2v) is 6.35. The molecule has 1 aliphatic heterocycles. The van der Waals surface area contributed by atoms with Gasteiger partial charge in [-0.25, -0.2) is 0 Å². The quantitative estimate of drug-likeness (QED) is 0.745. The first kappa shape index (κ1) is 17.1. The molecule has 2 aromatic heterocycles. The Hall–Kier alpha value is -1.69. The van der Waals surface area contributed by atoms with Crippen molar-refractivity contribution in [2.75, 3.05) is 39.4 Å². The number of hydrogen-bond donors (Lipinski definition) is 0. The SMILES string of the molecule is Cc1ccc(CN(CCCN2CCOCC2)Cc2ccccn2)o1. The van der Waals surface area contributed by atoms with Crippen molar-refractivity contribution in [2.45, 2.75) is 26.4 Å². The standard InChI is InChI=1S/C19H27N3O2/c1-17-6-7-19(24-17)16-22(15-18-5-2-3-8-20-18)10-4-9-21-11-13-23-14-12-21/h2-3,5-8H,4,9-16H2,1H3. The second kappa shape index (κ2) is 8.97. The van der Waals surface area contributed by atoms with Crippen LogP contribution in [0.4, 0.5) is 0 Å². The third-order valence-electron chi connectivity index (χ3n) is 4.34. The Morgan fingerprint density at radius 1 is 1.12 bits per heavy atom. The van der Waals surface area contributed by atoms with Crippen LogP contribution in [0.3, 0.4) is 0 Å². The Labute approximate surface area is 144 Å². The van der Waals surface area contributed by atoms with Gasteiger partial charge in [0.05, 0.1) is 25.5 Å². The topological polar surface area (TPSA) is 41.7 Å². The molecule has 0 bridgehead atoms. The minimum atomic E-state index is 0.827. The molecule has 0 N–H and O–H groups in total. The maximum Gasteiger partial charge on any atom is 0.118 e. The average Bonchev–Trinajstić information content (AvgIpc) is 3.01. The number of rotatable bonds is 8. The molecule has 0 unspecified atom stereocenters. The van der Waals surface area contributed by atoms with Crippen molar-refractivity contribution in [1.29, 1.82) is 0 Å². The third kappa shape index (κ3) is 5.44. The van der Waals surface area contributed by atoms with Crippen molar-refractivity contribution >= 4 is 0 Å². The van der Waals surface area contributed by atoms with Gasteiger partial charge < -0.3 is 9.15 Å². The Kier molecular flexibility index (Phi) is 6.41. The van der Waals surface area contributed by atoms with Crippen molar-refractivity contribution in [3.05, 3.63) is 53.7 Å². The van der Waals surface area contributed by atoms with E-state index in [1.54, 1.807) is 0 Å². The molecule has 2 aromatic rings. The van der Waals surface area contributed by atoms with E-state index in [0.717, 1.165) is 76.1 Å². The van der Waals surface area contributed by atoms with Crippen LogP contribution in [0.1, 0.15) is 23.6 Å². The largest absolute Gasteiger partial charge is 0.465 e. The Morgan fingerprint density at radius 3 is 2.71 bits per heavy atom. The molecule has 24 heavy (non-hydrogen) atoms. The maximum absolute atomic E-state index is 5.76. The minimum absolute atomic E-state index is 0.827. The normalized spacial score (nSPS) is 15.9. The molecular formula is C19H27N3O2. The van der Waals surface area contributed by atoms with Crippen LogP contribution in [-0.4, -0.2) is 54.2 Å². The molecule has 0 aromatic carbocycles. The van der Waals surface area contributed by atoms with E-state index in [-0.39, 0.29) is 0 Å². The number of pyridine rings is 1. The molecule has 1 fully saturated rings. The molecule has 0 saturated carbocycles. The number of furan rings is 1. The van der Waals surface area contributed by atoms with Gasteiger partial charge in [0, 0.05) is 32.4 Å². The number of morpholine rings is 1. The molecule has 5 heteroatoms. The lowest BCUT2D eigenvalue weighted by atomic mass is 10.2. The van der Waals surface area contributed by atoms with E-state index in [1.165, 1.54) is 0 Å². The summed E-state index contributed by atoms with van der Waals surface area (Å²) in [4.78, 5) is 9.37. The number of nitrogens with zero attached hydrogens (tertiary/aromatic N) is 3. The van der Waals surface area contributed by atoms with Gasteiger partial charge in [0.15, 0.2) is 0 Å². The number of aryl methyl sites for hydroxylation is 1. The fraction of sp³-hybridized carbons (Fsp3) is 0.526. The molecule has 5 nitrogen and oxygen atoms in total. The highest BCUT2D eigenvalue weighted by molar-refractivity contribution is 5.07. The first-order chi connectivity index (χ1) is 11.8. The fourth-order valence-corrected chi connectivity index (χ4v) is 3.07. The number of hydrogen-bond acceptors (Lipinski definition) is 5. The Balaban J connectivity index is 1.54. The molecule has 1 saturated heterocycles. The zero-order valence-electron chi connectivity index (χ0n) is 14.5. The van der Waals surface area contributed by atoms with E-state index < -0.39 is 0 Å². The lowest BCUT2D eigenvalue weighted by Gasteiger charge is -2.28. The van der Waals surface area contributed by atoms with Crippen LogP contribution in [0.2, 0.25) is 0 Å². The van der Waals surface area contributed by atoms with E-state index in [2.05, 4.69) is 26.9 Å². The summed E-state index contributed by atoms with van der Waals surface area (Å²) in [6, 6.07) is 10.2. The second-order valence-electron chi connectivity index (χ2n) is 6.35. The van der Waals surface area contributed by atoms with Crippen molar-refractivity contribution in [3.8, 4) is 0 Å². The lowest BCUT2D eigenvalue weighted by molar-refractivity contribution is 0.0357. The van der Waals surface area contributed by atoms with Gasteiger partial charge in [0.1, 0.15) is 11.5 Å². The number of aromatic nitrogens is 1. The summed E-state index contributed by atoms with van der Waals surface area (Å²) in [7, 11) is 0. The van der Waals surface area contributed by atoms with E-state index in [1.807, 2.05) is 31.3 Å². The van der Waals surface area contributed by atoms with Gasteiger partial charge in [0.25, 0.3) is 0 Å². The van der Waals surface area contributed by atoms with E-state index in [0.29, 0.717) is 0 Å². The Bertz CT molecular complexity index is 594. The van der Waals surface area contributed by atoms with Crippen LogP contribution < -0.4 is 0 Å². The van der Waals surface area contributed by atoms with Gasteiger partial charge in [-0.05, 0) is 44.2 Å². The van der Waals surface area contributed by atoms with Gasteiger partial charge in [-0.15, -0.1) is 0 Å². The first-order valence-corrected chi connectivity index (χ1v) is 8.77. The van der Waals surface area contributed by atoms with Gasteiger partial charge in [-0.3, -0.25) is 14.8 Å². The molecule has 0 spiro atoms. The molecule has 0 aliphatic carbocycles. The summed E-state index contributed by atoms with van der Waals surface area (Å²) in [5, 5.41) is 0. The fourth-order valence-electron chi connectivity index (χ4n) is 3.07. The van der Waals surface area contributed by atoms with E-state index in [4.69, 9.17) is 9.15 Å². The molecule has 3 heterocycles. The molecule has 0 atom stereocenters. The summed E-state index contributed by atoms with van der Waals surface area (Å²) in [5.41, 5.74) is 1.10. The van der Waals surface area contributed by atoms with Crippen LogP contribution in [-0.2, 0) is 17.8 Å². The minimum Gasteiger partial charge on any atom is -0.465 e. The van der Waals surface area contributed by atoms with E-state index in [9.17, 15) is 0 Å². The molecule has 0 amide bonds. The molecule has 130 valence electrons. The average molecular weight is 329 g/mol. The van der Waals surface area contributed by atoms with E-state index >= 15 is 0 Å². The lowest BCUT2D eigenvalue weighted by Crippen LogP contribution is -2.38. The summed E-state index contributed by atoms with van der Waals surface area (Å²) < 4.78 is 11.2. The van der Waals surface area contributed by atoms with Crippen molar-refractivity contribution in [2.24, 2.45) is 0 Å². The zero-order valence-corrected chi connectivity index (χ0v) is 14.5. The number of ether oxygens (including phenoxy) is 1. The summed E-state index contributed by atoms with van der Waals surface area (Å²) in [5.74, 6) is 1.99. The van der Waals surface area contributed by atoms with Gasteiger partial charge in [-0.1, -0.05) is 6.07 Å². The van der Waals surface area contributed by atoms with Crippen LogP contribution >= 0.6 is 0 Å². The van der Waals surface area contributed by atoms with Gasteiger partial charge in [-0.2, -0.15) is 0 Å². The van der Waals surface area contributed by atoms with Crippen LogP contribution in [0, 0.1) is 6.92 Å². The van der Waals surface area contributed by atoms with Crippen molar-refractivity contribution < 1.29 is 9.15 Å². The molecule has 1 aliphatic rings. The highest BCUT2D eigenvalue weighted by Gasteiger charge is 2.13. The summed E-state index contributed by atoms with van der Waals surface area (Å²) >= 11 is 0. The first-order valence-electron chi connectivity index (χ1n) is 8.77. The van der Waals surface area contributed by atoms with Crippen LogP contribution in [0.5, 0.6) is 0 Å². The Morgan fingerprint density at radius 2 is 2.00 bits per heavy atom. The molecular weight excluding hydrogens is 302 g/mol. The van der Waals surface area contributed by atoms with Gasteiger partial charge in [0.2, 0.25) is 0 Å². The van der Waals surface area contributed by atoms with Crippen molar-refractivity contribution in [1.82, 2.24) is 14.8 Å². The smallest absolute Gasteiger partial charge is 0.118 e. The highest BCUT2D eigenvalue weighted by atomic mass is 16.5. The molecule has 3 rings (SSSR count). The third-order valence-corrected chi connectivity index (χ3v) is 4.34. The van der Waals surface area contributed by atoms with Crippen LogP contribution in [0.15, 0.2) is 40.9 Å². The predicted molar refractivity (Wildman–Crippen MR) is 93.7 cm³/mol. The predicted octanol–water partition coefficient (Wildman–Crippen LogP) is 2.71. The summed E-state index contributed by atoms with van der Waals surface area (Å²) in [6.07, 6.45) is 3.00. The maximum atomic E-state index is 5.76.